The van der Waals surface area contributed by atoms with E-state index in [9.17, 15) is 0 Å². The van der Waals surface area contributed by atoms with Crippen molar-refractivity contribution >= 4 is 12.3 Å². The number of rotatable bonds is 0. The Morgan fingerprint density at radius 3 is 1.00 bits per heavy atom. The van der Waals surface area contributed by atoms with Crippen LogP contribution in [0.4, 0.5) is 0 Å². The average Bonchev–Trinajstić information content (AvgIpc) is 0.918. The molecular formula is H2Gd2O2STb. The third kappa shape index (κ3) is 24.1. The minimum atomic E-state index is -0.250. The smallest absolute Gasteiger partial charge is 0.152 e. The van der Waals surface area contributed by atoms with Gasteiger partial charge in [0.05, 0.1) is 0 Å². The molecule has 0 rings (SSSR count). The summed E-state index contributed by atoms with van der Waals surface area (Å²) in [6.07, 6.45) is 0. The molecule has 0 aromatic heterocycles. The van der Waals surface area contributed by atoms with Crippen LogP contribution in [0.25, 0.3) is 0 Å². The summed E-state index contributed by atoms with van der Waals surface area (Å²) in [7, 11) is 0. The van der Waals surface area contributed by atoms with Crippen molar-refractivity contribution in [3.05, 3.63) is 0 Å². The van der Waals surface area contributed by atoms with Crippen molar-refractivity contribution in [2.24, 2.45) is 0 Å². The molecule has 0 aliphatic rings. The van der Waals surface area contributed by atoms with E-state index in [1.54, 1.807) is 0 Å². The van der Waals surface area contributed by atoms with Gasteiger partial charge in [-0.2, -0.15) is 0 Å². The largest absolute Gasteiger partial charge is 0.307 e. The predicted molar refractivity (Wildman–Crippen MR) is 12.8 cm³/mol. The normalized spacial score (nSPS) is 3.00. The monoisotopic (exact) mass is 541 g/mol. The van der Waals surface area contributed by atoms with Gasteiger partial charge in [-0.1, -0.05) is 0 Å². The van der Waals surface area contributed by atoms with Gasteiger partial charge in [0.2, 0.25) is 0 Å². The van der Waals surface area contributed by atoms with Crippen LogP contribution < -0.4 is 0 Å². The Bertz CT molecular complexity index is 11.5. The van der Waals surface area contributed by atoms with Gasteiger partial charge in [-0.25, -0.2) is 0 Å². The second-order valence-corrected chi connectivity index (χ2v) is 0.245. The molecule has 6 heavy (non-hydrogen) atoms. The topological polar surface area (TPSA) is 40.5 Å². The third-order valence-corrected chi connectivity index (χ3v) is 0. The van der Waals surface area contributed by atoms with Crippen LogP contribution in [-0.4, -0.2) is 9.11 Å². The van der Waals surface area contributed by atoms with Crippen LogP contribution >= 0.6 is 12.3 Å². The summed E-state index contributed by atoms with van der Waals surface area (Å²) < 4.78 is 14.1. The van der Waals surface area contributed by atoms with E-state index in [1.807, 2.05) is 0 Å². The maximum atomic E-state index is 7.04. The third-order valence-electron chi connectivity index (χ3n) is 0. The predicted octanol–water partition coefficient (Wildman–Crippen LogP) is 0.666. The van der Waals surface area contributed by atoms with E-state index in [-0.39, 0.29) is 131 Å². The SMILES string of the molecule is OSO.[Gd].[Gd].[Tb]. The molecule has 45 valence electrons. The minimum absolute atomic E-state index is 0. The average molecular weight is 540 g/mol. The van der Waals surface area contributed by atoms with Crippen molar-refractivity contribution in [1.82, 2.24) is 0 Å². The first-order chi connectivity index (χ1) is 1.41. The van der Waals surface area contributed by atoms with Gasteiger partial charge in [-0.3, -0.25) is 0 Å². The second-order valence-electron chi connectivity index (χ2n) is 0.0816. The van der Waals surface area contributed by atoms with E-state index in [1.165, 1.54) is 0 Å². The zero-order valence-electron chi connectivity index (χ0n) is 2.34. The fraction of sp³-hybridized carbons (Fsp3) is 0. The minimum Gasteiger partial charge on any atom is -0.307 e. The van der Waals surface area contributed by atoms with Crippen molar-refractivity contribution in [3.8, 4) is 0 Å². The molecule has 0 aliphatic heterocycles. The summed E-state index contributed by atoms with van der Waals surface area (Å²) in [5.74, 6) is 0. The van der Waals surface area contributed by atoms with Gasteiger partial charge in [-0.15, -0.1) is 0 Å². The Morgan fingerprint density at radius 2 is 1.00 bits per heavy atom. The van der Waals surface area contributed by atoms with Gasteiger partial charge in [0, 0.05) is 118 Å². The standard InChI is InChI=1S/2Gd.H2O2S.Tb/c;;1-3-2;/h;;1-2H;. The quantitative estimate of drug-likeness (QED) is 0.445. The Balaban J connectivity index is -0.00000000667. The fourth-order valence-corrected chi connectivity index (χ4v) is 0. The Hall–Kier alpha value is 4.21. The summed E-state index contributed by atoms with van der Waals surface area (Å²) in [5, 5.41) is 0. The van der Waals surface area contributed by atoms with Crippen LogP contribution in [0.5, 0.6) is 0 Å². The van der Waals surface area contributed by atoms with Gasteiger partial charge < -0.3 is 9.11 Å². The first kappa shape index (κ1) is 22.5. The number of hydrogen-bond donors (Lipinski definition) is 2. The van der Waals surface area contributed by atoms with E-state index >= 15 is 0 Å². The number of hydrogen-bond acceptors (Lipinski definition) is 3. The van der Waals surface area contributed by atoms with Crippen LogP contribution in [0.3, 0.4) is 0 Å². The summed E-state index contributed by atoms with van der Waals surface area (Å²) in [4.78, 5) is 0. The van der Waals surface area contributed by atoms with Crippen LogP contribution in [0.2, 0.25) is 0 Å². The maximum Gasteiger partial charge on any atom is 0.152 e. The van der Waals surface area contributed by atoms with Crippen LogP contribution in [0.1, 0.15) is 0 Å². The molecule has 6 heteroatoms. The summed E-state index contributed by atoms with van der Waals surface area (Å²) in [6.45, 7) is 0. The first-order valence-electron chi connectivity index (χ1n) is 0.365. The molecule has 0 unspecified atom stereocenters. The molecule has 0 atom stereocenters. The molecule has 0 spiro atoms. The van der Waals surface area contributed by atoms with Gasteiger partial charge in [0.25, 0.3) is 0 Å². The Kier molecular flexibility index (Phi) is 85.6. The van der Waals surface area contributed by atoms with E-state index in [0.717, 1.165) is 0 Å². The molecule has 0 bridgehead atoms. The summed E-state index contributed by atoms with van der Waals surface area (Å²) in [5.41, 5.74) is 0. The van der Waals surface area contributed by atoms with Crippen molar-refractivity contribution in [2.45, 2.75) is 0 Å². The Labute approximate surface area is 136 Å². The van der Waals surface area contributed by atoms with Gasteiger partial charge in [0.15, 0.2) is 12.3 Å². The zero-order chi connectivity index (χ0) is 2.71. The Morgan fingerprint density at radius 1 is 1.00 bits per heavy atom. The van der Waals surface area contributed by atoms with E-state index in [2.05, 4.69) is 0 Å². The molecule has 0 aromatic carbocycles. The molecule has 0 saturated carbocycles. The zero-order valence-corrected chi connectivity index (χ0v) is 9.84. The van der Waals surface area contributed by atoms with Gasteiger partial charge in [-0.05, 0) is 0 Å². The van der Waals surface area contributed by atoms with Crippen LogP contribution in [-0.2, 0) is 0 Å². The fourth-order valence-electron chi connectivity index (χ4n) is 0. The summed E-state index contributed by atoms with van der Waals surface area (Å²) >= 11 is -0.250. The van der Waals surface area contributed by atoms with Gasteiger partial charge in [0.1, 0.15) is 0 Å². The molecule has 2 N–H and O–H groups in total. The molecule has 1 radical (unpaired) electrons. The van der Waals surface area contributed by atoms with Crippen LogP contribution in [0.15, 0.2) is 0 Å². The molecular weight excluding hydrogens is 537 g/mol. The molecule has 0 heterocycles. The van der Waals surface area contributed by atoms with Crippen LogP contribution in [0, 0.1) is 118 Å². The maximum absolute atomic E-state index is 7.04. The van der Waals surface area contributed by atoms with Crippen molar-refractivity contribution < 1.29 is 128 Å². The van der Waals surface area contributed by atoms with Crippen molar-refractivity contribution in [2.75, 3.05) is 0 Å². The van der Waals surface area contributed by atoms with Gasteiger partial charge >= 0.3 is 0 Å². The second kappa shape index (κ2) is 22.9. The summed E-state index contributed by atoms with van der Waals surface area (Å²) in [6, 6.07) is 0. The molecule has 0 fully saturated rings. The molecule has 0 aromatic rings. The molecule has 0 amide bonds. The van der Waals surface area contributed by atoms with E-state index in [0.29, 0.717) is 0 Å². The van der Waals surface area contributed by atoms with E-state index < -0.39 is 0 Å². The molecule has 0 aliphatic carbocycles. The first-order valence-corrected chi connectivity index (χ1v) is 1.10. The van der Waals surface area contributed by atoms with Crippen molar-refractivity contribution in [1.29, 1.82) is 0 Å². The van der Waals surface area contributed by atoms with Crippen molar-refractivity contribution in [3.63, 3.8) is 0 Å². The molecule has 0 saturated heterocycles. The molecule has 2 nitrogen and oxygen atoms in total. The van der Waals surface area contributed by atoms with E-state index in [4.69, 9.17) is 9.11 Å².